The van der Waals surface area contributed by atoms with Gasteiger partial charge in [-0.25, -0.2) is 28.7 Å². The molecule has 0 aromatic carbocycles. The average molecular weight is 718 g/mol. The maximum atomic E-state index is 15.3. The lowest BCUT2D eigenvalue weighted by atomic mass is 10.1. The zero-order valence-corrected chi connectivity index (χ0v) is 27.5. The molecule has 264 valence electrons. The molecule has 8 rings (SSSR count). The Morgan fingerprint density at radius 3 is 2.17 bits per heavy atom. The van der Waals surface area contributed by atoms with E-state index in [0.717, 1.165) is 23.0 Å². The molecule has 0 spiro atoms. The summed E-state index contributed by atoms with van der Waals surface area (Å²) in [5.41, 5.74) is 6.47. The summed E-state index contributed by atoms with van der Waals surface area (Å²) >= 11 is 0. The van der Waals surface area contributed by atoms with Crippen molar-refractivity contribution < 1.29 is 18.4 Å². The molecule has 8 aromatic heterocycles. The van der Waals surface area contributed by atoms with Crippen LogP contribution < -0.4 is 27.5 Å². The van der Waals surface area contributed by atoms with Gasteiger partial charge in [-0.05, 0) is 48.9 Å². The summed E-state index contributed by atoms with van der Waals surface area (Å²) in [7, 11) is 0. The molecule has 0 aliphatic heterocycles. The minimum atomic E-state index is -0.781. The summed E-state index contributed by atoms with van der Waals surface area (Å²) in [5.74, 6) is -2.56. The summed E-state index contributed by atoms with van der Waals surface area (Å²) in [6, 6.07) is 12.7. The number of hydrogen-bond donors (Lipinski definition) is 3. The van der Waals surface area contributed by atoms with Gasteiger partial charge in [0.2, 0.25) is 11.8 Å². The Hall–Kier alpha value is -7.44. The van der Waals surface area contributed by atoms with Gasteiger partial charge in [0, 0.05) is 23.9 Å². The van der Waals surface area contributed by atoms with E-state index in [4.69, 9.17) is 5.73 Å². The van der Waals surface area contributed by atoms with E-state index >= 15 is 4.39 Å². The van der Waals surface area contributed by atoms with Crippen molar-refractivity contribution in [3.8, 4) is 11.3 Å². The molecule has 8 heterocycles. The Kier molecular flexibility index (Phi) is 7.85. The van der Waals surface area contributed by atoms with Crippen molar-refractivity contribution in [2.45, 2.75) is 26.4 Å². The van der Waals surface area contributed by atoms with E-state index in [2.05, 4.69) is 40.8 Å². The van der Waals surface area contributed by atoms with Gasteiger partial charge in [-0.3, -0.25) is 28.3 Å². The van der Waals surface area contributed by atoms with Gasteiger partial charge in [-0.1, -0.05) is 6.92 Å². The van der Waals surface area contributed by atoms with Crippen molar-refractivity contribution in [1.82, 2.24) is 48.3 Å². The summed E-state index contributed by atoms with van der Waals surface area (Å²) in [6.07, 6.45) is 3.98. The minimum Gasteiger partial charge on any atom is -0.382 e. The first-order valence-corrected chi connectivity index (χ1v) is 16.0. The second-order valence-electron chi connectivity index (χ2n) is 11.8. The van der Waals surface area contributed by atoms with Crippen molar-refractivity contribution in [3.63, 3.8) is 0 Å². The number of nitrogens with zero attached hydrogens (tertiary/aromatic N) is 10. The molecule has 0 radical (unpaired) electrons. The molecule has 53 heavy (non-hydrogen) atoms. The molecule has 2 amide bonds. The van der Waals surface area contributed by atoms with Crippen LogP contribution in [0.2, 0.25) is 0 Å². The molecule has 19 heteroatoms. The predicted molar refractivity (Wildman–Crippen MR) is 188 cm³/mol. The van der Waals surface area contributed by atoms with Gasteiger partial charge in [0.15, 0.2) is 17.1 Å². The topological polar surface area (TPSA) is 214 Å². The zero-order valence-electron chi connectivity index (χ0n) is 27.5. The number of aryl methyl sites for hydroxylation is 1. The van der Waals surface area contributed by atoms with Crippen LogP contribution in [0.5, 0.6) is 0 Å². The van der Waals surface area contributed by atoms with Gasteiger partial charge in [0.05, 0.1) is 34.6 Å². The number of aromatic nitrogens is 10. The number of fused-ring (bicyclic) bond motifs is 6. The number of pyridine rings is 4. The van der Waals surface area contributed by atoms with Crippen LogP contribution in [-0.2, 0) is 29.1 Å². The number of halogens is 2. The van der Waals surface area contributed by atoms with Crippen molar-refractivity contribution in [2.24, 2.45) is 0 Å². The molecule has 4 N–H and O–H groups in total. The van der Waals surface area contributed by atoms with Gasteiger partial charge in [0.25, 0.3) is 11.1 Å². The Morgan fingerprint density at radius 1 is 0.774 bits per heavy atom. The third-order valence-corrected chi connectivity index (χ3v) is 8.38. The molecule has 17 nitrogen and oxygen atoms in total. The summed E-state index contributed by atoms with van der Waals surface area (Å²) in [4.78, 5) is 69.9. The first-order valence-electron chi connectivity index (χ1n) is 16.0. The number of amides is 2. The van der Waals surface area contributed by atoms with Gasteiger partial charge in [-0.15, -0.1) is 5.10 Å². The quantitative estimate of drug-likeness (QED) is 0.208. The van der Waals surface area contributed by atoms with Crippen molar-refractivity contribution in [3.05, 3.63) is 111 Å². The van der Waals surface area contributed by atoms with Crippen LogP contribution in [0.3, 0.4) is 0 Å². The molecule has 0 bridgehead atoms. The molecule has 0 saturated heterocycles. The van der Waals surface area contributed by atoms with Crippen LogP contribution in [0.1, 0.15) is 12.6 Å². The van der Waals surface area contributed by atoms with Crippen LogP contribution >= 0.6 is 0 Å². The number of hydrogen-bond acceptors (Lipinski definition) is 11. The maximum Gasteiger partial charge on any atom is 0.263 e. The lowest BCUT2D eigenvalue weighted by Crippen LogP contribution is -2.30. The third kappa shape index (κ3) is 5.84. The molecular formula is C34H25F2N13O4. The van der Waals surface area contributed by atoms with Crippen LogP contribution in [0, 0.1) is 11.6 Å². The van der Waals surface area contributed by atoms with E-state index in [1.807, 2.05) is 6.92 Å². The monoisotopic (exact) mass is 717 g/mol. The number of nitrogens with two attached hydrogens (primary N) is 1. The van der Waals surface area contributed by atoms with E-state index in [0.29, 0.717) is 23.4 Å². The van der Waals surface area contributed by atoms with Crippen molar-refractivity contribution in [1.29, 1.82) is 0 Å². The van der Waals surface area contributed by atoms with Crippen LogP contribution in [0.15, 0.2) is 82.8 Å². The van der Waals surface area contributed by atoms with Gasteiger partial charge in [0.1, 0.15) is 47.7 Å². The minimum absolute atomic E-state index is 0.0132. The standard InChI is InChI=1S/C34H25F2N13O4/c1-2-18-10-29-46(33(52)19-4-3-9-38-31(19)48(29)44-18)16-28(51)43-26-11-21(22(36)14-40-26)23-7-6-20-32(41-23)49-30(12-24(37)45-49)47(34(20)53)15-27(50)42-25-8-5-17(35)13-39-25/h3-14H,2,15-16H2,1H3,(H2,37,45)(H,39,42,50)(H,40,43,51). The fourth-order valence-corrected chi connectivity index (χ4v) is 5.95. The van der Waals surface area contributed by atoms with E-state index in [-0.39, 0.29) is 50.8 Å². The number of nitrogens with one attached hydrogen (secondary N) is 2. The number of carbonyl (C=O) groups excluding carboxylic acids is 2. The molecule has 0 saturated carbocycles. The lowest BCUT2D eigenvalue weighted by Gasteiger charge is -2.12. The average Bonchev–Trinajstić information content (AvgIpc) is 3.77. The number of anilines is 3. The van der Waals surface area contributed by atoms with Crippen LogP contribution in [0.4, 0.5) is 26.2 Å². The van der Waals surface area contributed by atoms with E-state index in [9.17, 15) is 23.6 Å². The molecule has 8 aromatic rings. The number of carbonyl (C=O) groups is 2. The fourth-order valence-electron chi connectivity index (χ4n) is 5.95. The van der Waals surface area contributed by atoms with Gasteiger partial charge >= 0.3 is 0 Å². The predicted octanol–water partition coefficient (Wildman–Crippen LogP) is 2.56. The highest BCUT2D eigenvalue weighted by molar-refractivity contribution is 5.92. The van der Waals surface area contributed by atoms with E-state index in [1.165, 1.54) is 43.9 Å². The zero-order chi connectivity index (χ0) is 37.0. The first-order chi connectivity index (χ1) is 25.6. The highest BCUT2D eigenvalue weighted by Crippen LogP contribution is 2.26. The van der Waals surface area contributed by atoms with Crippen molar-refractivity contribution >= 4 is 62.6 Å². The summed E-state index contributed by atoms with van der Waals surface area (Å²) in [5, 5.41) is 14.2. The summed E-state index contributed by atoms with van der Waals surface area (Å²) in [6.45, 7) is 1.03. The van der Waals surface area contributed by atoms with Gasteiger partial charge in [-0.2, -0.15) is 14.1 Å². The molecular weight excluding hydrogens is 692 g/mol. The van der Waals surface area contributed by atoms with Crippen LogP contribution in [-0.4, -0.2) is 60.1 Å². The molecule has 0 aliphatic rings. The first kappa shape index (κ1) is 32.7. The van der Waals surface area contributed by atoms with E-state index in [1.54, 1.807) is 24.4 Å². The second kappa shape index (κ2) is 12.7. The third-order valence-electron chi connectivity index (χ3n) is 8.38. The SMILES string of the molecule is CCc1cc2n(CC(=O)Nc3cc(-c4ccc5c(=O)n(CC(=O)Nc6ccc(F)cn6)c6cc(N)nn6c5n4)c(F)cn3)c(=O)c3cccnc3n2n1. The van der Waals surface area contributed by atoms with Crippen molar-refractivity contribution in [2.75, 3.05) is 16.4 Å². The number of nitrogen functional groups attached to an aromatic ring is 1. The highest BCUT2D eigenvalue weighted by Gasteiger charge is 2.20. The Bertz CT molecular complexity index is 2920. The molecule has 0 fully saturated rings. The maximum absolute atomic E-state index is 15.3. The molecule has 0 aliphatic carbocycles. The van der Waals surface area contributed by atoms with Crippen LogP contribution in [0.25, 0.3) is 44.6 Å². The Morgan fingerprint density at radius 2 is 1.45 bits per heavy atom. The molecule has 0 unspecified atom stereocenters. The van der Waals surface area contributed by atoms with Gasteiger partial charge < -0.3 is 16.4 Å². The fraction of sp³-hybridized carbons (Fsp3) is 0.118. The largest absolute Gasteiger partial charge is 0.382 e. The molecule has 0 atom stereocenters. The normalized spacial score (nSPS) is 11.5. The second-order valence-corrected chi connectivity index (χ2v) is 11.8. The Labute approximate surface area is 294 Å². The van der Waals surface area contributed by atoms with E-state index < -0.39 is 47.7 Å². The Balaban J connectivity index is 1.11. The smallest absolute Gasteiger partial charge is 0.263 e. The highest BCUT2D eigenvalue weighted by atomic mass is 19.1. The number of rotatable bonds is 8. The lowest BCUT2D eigenvalue weighted by molar-refractivity contribution is -0.117. The summed E-state index contributed by atoms with van der Waals surface area (Å²) < 4.78 is 33.7.